The van der Waals surface area contributed by atoms with Gasteiger partial charge in [-0.2, -0.15) is 5.10 Å². The zero-order valence-electron chi connectivity index (χ0n) is 15.4. The Morgan fingerprint density at radius 1 is 1.18 bits per heavy atom. The number of thiazole rings is 1. The Hall–Kier alpha value is -2.64. The maximum absolute atomic E-state index is 14.5. The number of piperidine rings is 1. The summed E-state index contributed by atoms with van der Waals surface area (Å²) in [6.07, 6.45) is 3.56. The highest BCUT2D eigenvalue weighted by Crippen LogP contribution is 2.31. The van der Waals surface area contributed by atoms with Crippen LogP contribution in [-0.2, 0) is 0 Å². The first-order chi connectivity index (χ1) is 13.6. The van der Waals surface area contributed by atoms with Crippen molar-refractivity contribution in [2.75, 3.05) is 13.1 Å². The summed E-state index contributed by atoms with van der Waals surface area (Å²) in [6.45, 7) is 3.68. The van der Waals surface area contributed by atoms with E-state index in [1.165, 1.54) is 17.4 Å². The van der Waals surface area contributed by atoms with Crippen molar-refractivity contribution in [3.63, 3.8) is 0 Å². The van der Waals surface area contributed by atoms with E-state index in [1.807, 2.05) is 31.2 Å². The van der Waals surface area contributed by atoms with Crippen LogP contribution >= 0.6 is 11.3 Å². The molecule has 1 saturated heterocycles. The number of benzene rings is 2. The third-order valence-electron chi connectivity index (χ3n) is 5.35. The molecule has 0 radical (unpaired) electrons. The molecule has 1 N–H and O–H groups in total. The molecule has 1 aliphatic rings. The molecule has 5 rings (SSSR count). The van der Waals surface area contributed by atoms with Crippen LogP contribution in [-0.4, -0.2) is 27.9 Å². The Morgan fingerprint density at radius 2 is 2.00 bits per heavy atom. The number of hydrogen-bond acceptors (Lipinski definition) is 5. The molecule has 1 aliphatic heterocycles. The van der Waals surface area contributed by atoms with E-state index in [0.29, 0.717) is 10.9 Å². The molecule has 4 aromatic rings. The number of hydrogen-bond donors (Lipinski definition) is 1. The van der Waals surface area contributed by atoms with Crippen molar-refractivity contribution in [2.24, 2.45) is 0 Å². The quantitative estimate of drug-likeness (QED) is 0.557. The van der Waals surface area contributed by atoms with Crippen molar-refractivity contribution < 1.29 is 4.39 Å². The molecule has 0 spiro atoms. The normalized spacial score (nSPS) is 15.5. The number of aromatic nitrogens is 3. The second kappa shape index (κ2) is 6.76. The second-order valence-electron chi connectivity index (χ2n) is 7.22. The van der Waals surface area contributed by atoms with Gasteiger partial charge in [-0.15, -0.1) is 11.3 Å². The van der Waals surface area contributed by atoms with Crippen LogP contribution in [0.3, 0.4) is 0 Å². The lowest BCUT2D eigenvalue weighted by Gasteiger charge is -2.23. The van der Waals surface area contributed by atoms with Gasteiger partial charge in [0, 0.05) is 5.39 Å². The van der Waals surface area contributed by atoms with Crippen LogP contribution in [0.2, 0.25) is 0 Å². The summed E-state index contributed by atoms with van der Waals surface area (Å²) in [7, 11) is 0. The van der Waals surface area contributed by atoms with E-state index in [4.69, 9.17) is 0 Å². The SMILES string of the molecule is Cc1nc2c(F)cc(-c3ccc4c(=O)n(C5CCNCC5)ncc4c3)cc2s1. The van der Waals surface area contributed by atoms with E-state index in [-0.39, 0.29) is 17.4 Å². The van der Waals surface area contributed by atoms with Crippen molar-refractivity contribution in [2.45, 2.75) is 25.8 Å². The van der Waals surface area contributed by atoms with Crippen LogP contribution < -0.4 is 10.9 Å². The number of halogens is 1. The summed E-state index contributed by atoms with van der Waals surface area (Å²) in [4.78, 5) is 17.2. The van der Waals surface area contributed by atoms with Crippen LogP contribution in [0.5, 0.6) is 0 Å². The Balaban J connectivity index is 1.59. The largest absolute Gasteiger partial charge is 0.317 e. The van der Waals surface area contributed by atoms with E-state index in [9.17, 15) is 9.18 Å². The van der Waals surface area contributed by atoms with Crippen molar-refractivity contribution >= 4 is 32.3 Å². The molecule has 0 unspecified atom stereocenters. The molecule has 2 aromatic heterocycles. The first-order valence-electron chi connectivity index (χ1n) is 9.39. The van der Waals surface area contributed by atoms with Gasteiger partial charge in [-0.3, -0.25) is 4.79 Å². The monoisotopic (exact) mass is 394 g/mol. The van der Waals surface area contributed by atoms with Gasteiger partial charge in [0.15, 0.2) is 5.82 Å². The topological polar surface area (TPSA) is 59.8 Å². The van der Waals surface area contributed by atoms with Crippen molar-refractivity contribution in [1.82, 2.24) is 20.1 Å². The van der Waals surface area contributed by atoms with Gasteiger partial charge < -0.3 is 5.32 Å². The summed E-state index contributed by atoms with van der Waals surface area (Å²) in [5.74, 6) is -0.323. The maximum Gasteiger partial charge on any atom is 0.274 e. The van der Waals surface area contributed by atoms with Gasteiger partial charge in [-0.05, 0) is 68.2 Å². The van der Waals surface area contributed by atoms with Crippen LogP contribution in [0.25, 0.3) is 32.1 Å². The van der Waals surface area contributed by atoms with Crippen LogP contribution in [0.1, 0.15) is 23.9 Å². The number of nitrogens with one attached hydrogen (secondary N) is 1. The Morgan fingerprint density at radius 3 is 2.82 bits per heavy atom. The maximum atomic E-state index is 14.5. The van der Waals surface area contributed by atoms with Gasteiger partial charge in [0.2, 0.25) is 0 Å². The van der Waals surface area contributed by atoms with Gasteiger partial charge in [0.05, 0.1) is 27.3 Å². The molecule has 0 bridgehead atoms. The fraction of sp³-hybridized carbons (Fsp3) is 0.286. The molecule has 28 heavy (non-hydrogen) atoms. The summed E-state index contributed by atoms with van der Waals surface area (Å²) in [6, 6.07) is 9.21. The number of fused-ring (bicyclic) bond motifs is 2. The molecule has 142 valence electrons. The fourth-order valence-electron chi connectivity index (χ4n) is 3.92. The minimum absolute atomic E-state index is 0.0596. The molecule has 3 heterocycles. The minimum atomic E-state index is -0.323. The first kappa shape index (κ1) is 17.5. The Kier molecular flexibility index (Phi) is 4.21. The van der Waals surface area contributed by atoms with Gasteiger partial charge in [0.1, 0.15) is 5.52 Å². The number of aryl methyl sites for hydroxylation is 1. The predicted octanol–water partition coefficient (Wildman–Crippen LogP) is 4.05. The van der Waals surface area contributed by atoms with E-state index in [1.54, 1.807) is 10.9 Å². The van der Waals surface area contributed by atoms with E-state index < -0.39 is 0 Å². The fourth-order valence-corrected chi connectivity index (χ4v) is 4.80. The average Bonchev–Trinajstić information content (AvgIpc) is 3.09. The molecule has 0 aliphatic carbocycles. The van der Waals surface area contributed by atoms with Gasteiger partial charge in [-0.1, -0.05) is 6.07 Å². The zero-order chi connectivity index (χ0) is 19.3. The van der Waals surface area contributed by atoms with Crippen molar-refractivity contribution in [3.05, 3.63) is 57.7 Å². The Labute approximate surface area is 164 Å². The average molecular weight is 394 g/mol. The smallest absolute Gasteiger partial charge is 0.274 e. The highest BCUT2D eigenvalue weighted by Gasteiger charge is 2.18. The highest BCUT2D eigenvalue weighted by atomic mass is 32.1. The molecule has 2 aromatic carbocycles. The van der Waals surface area contributed by atoms with Crippen molar-refractivity contribution in [3.8, 4) is 11.1 Å². The molecule has 1 fully saturated rings. The summed E-state index contributed by atoms with van der Waals surface area (Å²) >= 11 is 1.48. The highest BCUT2D eigenvalue weighted by molar-refractivity contribution is 7.18. The third-order valence-corrected chi connectivity index (χ3v) is 6.27. The van der Waals surface area contributed by atoms with Crippen molar-refractivity contribution in [1.29, 1.82) is 0 Å². The number of nitrogens with zero attached hydrogens (tertiary/aromatic N) is 3. The number of rotatable bonds is 2. The van der Waals surface area contributed by atoms with Crippen LogP contribution in [0.4, 0.5) is 4.39 Å². The van der Waals surface area contributed by atoms with Crippen LogP contribution in [0, 0.1) is 12.7 Å². The molecular weight excluding hydrogens is 375 g/mol. The van der Waals surface area contributed by atoms with Crippen LogP contribution in [0.15, 0.2) is 41.3 Å². The lowest BCUT2D eigenvalue weighted by Crippen LogP contribution is -2.35. The third kappa shape index (κ3) is 2.91. The lowest BCUT2D eigenvalue weighted by molar-refractivity contribution is 0.333. The second-order valence-corrected chi connectivity index (χ2v) is 8.45. The minimum Gasteiger partial charge on any atom is -0.317 e. The molecule has 7 heteroatoms. The van der Waals surface area contributed by atoms with Gasteiger partial charge in [-0.25, -0.2) is 14.1 Å². The molecule has 0 saturated carbocycles. The first-order valence-corrected chi connectivity index (χ1v) is 10.2. The van der Waals surface area contributed by atoms with Gasteiger partial charge in [0.25, 0.3) is 5.56 Å². The predicted molar refractivity (Wildman–Crippen MR) is 110 cm³/mol. The molecule has 5 nitrogen and oxygen atoms in total. The summed E-state index contributed by atoms with van der Waals surface area (Å²) in [5, 5.41) is 10.00. The summed E-state index contributed by atoms with van der Waals surface area (Å²) in [5.41, 5.74) is 1.99. The molecule has 0 atom stereocenters. The van der Waals surface area contributed by atoms with E-state index >= 15 is 0 Å². The Bertz CT molecular complexity index is 1260. The van der Waals surface area contributed by atoms with E-state index in [2.05, 4.69) is 15.4 Å². The van der Waals surface area contributed by atoms with Gasteiger partial charge >= 0.3 is 0 Å². The standard InChI is InChI=1S/C21H19FN4OS/c1-12-25-20-18(22)9-14(10-19(20)28-12)13-2-3-17-15(8-13)11-24-26(21(17)27)16-4-6-23-7-5-16/h2-3,8-11,16,23H,4-7H2,1H3. The summed E-state index contributed by atoms with van der Waals surface area (Å²) < 4.78 is 16.9. The molecular formula is C21H19FN4OS. The van der Waals surface area contributed by atoms with E-state index in [0.717, 1.165) is 52.2 Å². The lowest BCUT2D eigenvalue weighted by atomic mass is 10.0. The molecule has 0 amide bonds. The zero-order valence-corrected chi connectivity index (χ0v) is 16.2.